The van der Waals surface area contributed by atoms with Crippen LogP contribution in [-0.4, -0.2) is 4.98 Å². The molecule has 0 bridgehead atoms. The largest absolute Gasteiger partial charge is 0.240 e. The van der Waals surface area contributed by atoms with E-state index < -0.39 is 0 Å². The van der Waals surface area contributed by atoms with E-state index in [1.54, 1.807) is 0 Å². The average Bonchev–Trinajstić information content (AvgIpc) is 1.94. The lowest BCUT2D eigenvalue weighted by molar-refractivity contribution is 0.822. The smallest absolute Gasteiger partial charge is 0.142 e. The summed E-state index contributed by atoms with van der Waals surface area (Å²) in [6.45, 7) is 4.21. The van der Waals surface area contributed by atoms with Crippen molar-refractivity contribution in [3.63, 3.8) is 0 Å². The minimum atomic E-state index is 0.449. The number of pyridine rings is 1. The van der Waals surface area contributed by atoms with Crippen LogP contribution < -0.4 is 0 Å². The molecule has 0 radical (unpaired) electrons. The van der Waals surface area contributed by atoms with E-state index in [2.05, 4.69) is 41.4 Å². The van der Waals surface area contributed by atoms with Crippen molar-refractivity contribution in [1.82, 2.24) is 4.98 Å². The van der Waals surface area contributed by atoms with Crippen LogP contribution in [0.4, 0.5) is 0 Å². The maximum absolute atomic E-state index is 5.84. The van der Waals surface area contributed by atoms with E-state index in [1.807, 2.05) is 12.1 Å². The minimum absolute atomic E-state index is 0.449. The Hall–Kier alpha value is 0.170. The van der Waals surface area contributed by atoms with Gasteiger partial charge in [0, 0.05) is 5.69 Å². The van der Waals surface area contributed by atoms with Crippen LogP contribution in [0.25, 0.3) is 0 Å². The summed E-state index contributed by atoms with van der Waals surface area (Å²) >= 11 is 8.01. The minimum Gasteiger partial charge on any atom is -0.240 e. The summed E-state index contributed by atoms with van der Waals surface area (Å²) in [7, 11) is 0. The number of nitrogens with zero attached hydrogens (tertiary/aromatic N) is 1. The molecule has 0 aliphatic heterocycles. The molecule has 1 aromatic heterocycles. The monoisotopic (exact) mass is 281 g/mol. The van der Waals surface area contributed by atoms with E-state index in [0.29, 0.717) is 11.1 Å². The van der Waals surface area contributed by atoms with Gasteiger partial charge < -0.3 is 0 Å². The molecule has 11 heavy (non-hydrogen) atoms. The molecule has 0 atom stereocenters. The topological polar surface area (TPSA) is 12.9 Å². The highest BCUT2D eigenvalue weighted by molar-refractivity contribution is 14.1. The van der Waals surface area contributed by atoms with E-state index >= 15 is 0 Å². The number of hydrogen-bond donors (Lipinski definition) is 0. The van der Waals surface area contributed by atoms with Gasteiger partial charge in [-0.2, -0.15) is 0 Å². The number of halogens is 2. The van der Waals surface area contributed by atoms with Crippen molar-refractivity contribution in [1.29, 1.82) is 0 Å². The Morgan fingerprint density at radius 1 is 1.45 bits per heavy atom. The number of rotatable bonds is 1. The fourth-order valence-corrected chi connectivity index (χ4v) is 1.21. The highest BCUT2D eigenvalue weighted by Crippen LogP contribution is 2.19. The van der Waals surface area contributed by atoms with Gasteiger partial charge in [-0.1, -0.05) is 25.4 Å². The highest BCUT2D eigenvalue weighted by Gasteiger charge is 2.03. The van der Waals surface area contributed by atoms with E-state index in [1.165, 1.54) is 0 Å². The van der Waals surface area contributed by atoms with Crippen molar-refractivity contribution >= 4 is 34.2 Å². The average molecular weight is 282 g/mol. The van der Waals surface area contributed by atoms with Crippen molar-refractivity contribution in [3.05, 3.63) is 26.5 Å². The molecule has 0 spiro atoms. The Morgan fingerprint density at radius 2 is 2.09 bits per heavy atom. The lowest BCUT2D eigenvalue weighted by Crippen LogP contribution is -1.93. The van der Waals surface area contributed by atoms with Crippen LogP contribution >= 0.6 is 34.2 Å². The predicted octanol–water partition coefficient (Wildman–Crippen LogP) is 3.46. The van der Waals surface area contributed by atoms with Gasteiger partial charge in [-0.3, -0.25) is 0 Å². The van der Waals surface area contributed by atoms with Crippen LogP contribution in [0.2, 0.25) is 5.15 Å². The maximum atomic E-state index is 5.84. The van der Waals surface area contributed by atoms with Gasteiger partial charge in [-0.05, 0) is 40.6 Å². The first-order valence-electron chi connectivity index (χ1n) is 3.43. The molecule has 1 heterocycles. The second-order valence-corrected chi connectivity index (χ2v) is 4.18. The summed E-state index contributed by atoms with van der Waals surface area (Å²) in [6, 6.07) is 4.00. The summed E-state index contributed by atoms with van der Waals surface area (Å²) in [5.41, 5.74) is 1.05. The van der Waals surface area contributed by atoms with E-state index in [9.17, 15) is 0 Å². The lowest BCUT2D eigenvalue weighted by atomic mass is 10.1. The second kappa shape index (κ2) is 3.72. The fraction of sp³-hybridized carbons (Fsp3) is 0.375. The Morgan fingerprint density at radius 3 is 2.55 bits per heavy atom. The molecule has 0 amide bonds. The predicted molar refractivity (Wildman–Crippen MR) is 56.1 cm³/mol. The molecule has 1 aromatic rings. The van der Waals surface area contributed by atoms with Crippen LogP contribution in [0.15, 0.2) is 12.1 Å². The zero-order valence-electron chi connectivity index (χ0n) is 6.44. The zero-order valence-corrected chi connectivity index (χ0v) is 9.35. The quantitative estimate of drug-likeness (QED) is 0.567. The molecular weight excluding hydrogens is 272 g/mol. The van der Waals surface area contributed by atoms with Gasteiger partial charge in [0.15, 0.2) is 0 Å². The molecular formula is C8H9ClIN. The third-order valence-electron chi connectivity index (χ3n) is 1.42. The normalized spacial score (nSPS) is 10.6. The molecule has 60 valence electrons. The summed E-state index contributed by atoms with van der Waals surface area (Å²) in [5.74, 6) is 0.449. The van der Waals surface area contributed by atoms with Gasteiger partial charge in [-0.25, -0.2) is 4.98 Å². The molecule has 0 fully saturated rings. The third-order valence-corrected chi connectivity index (χ3v) is 2.89. The molecule has 1 nitrogen and oxygen atoms in total. The first kappa shape index (κ1) is 9.26. The Labute approximate surface area is 85.3 Å². The summed E-state index contributed by atoms with van der Waals surface area (Å²) < 4.78 is 1.01. The molecule has 0 aromatic carbocycles. The van der Waals surface area contributed by atoms with Gasteiger partial charge in [-0.15, -0.1) is 0 Å². The molecule has 0 saturated heterocycles. The molecule has 0 unspecified atom stereocenters. The van der Waals surface area contributed by atoms with E-state index in [0.717, 1.165) is 9.26 Å². The van der Waals surface area contributed by atoms with Crippen molar-refractivity contribution in [3.8, 4) is 0 Å². The van der Waals surface area contributed by atoms with Crippen molar-refractivity contribution in [2.45, 2.75) is 19.8 Å². The first-order chi connectivity index (χ1) is 5.11. The fourth-order valence-electron chi connectivity index (χ4n) is 0.753. The zero-order chi connectivity index (χ0) is 8.43. The third kappa shape index (κ3) is 2.30. The Balaban J connectivity index is 3.05. The standard InChI is InChI=1S/C8H9ClIN/c1-5(2)7-4-3-6(10)8(9)11-7/h3-5H,1-2H3. The Kier molecular flexibility index (Phi) is 3.13. The van der Waals surface area contributed by atoms with Gasteiger partial charge in [0.25, 0.3) is 0 Å². The van der Waals surface area contributed by atoms with Crippen LogP contribution in [-0.2, 0) is 0 Å². The van der Waals surface area contributed by atoms with Gasteiger partial charge in [0.05, 0.1) is 3.57 Å². The number of aromatic nitrogens is 1. The van der Waals surface area contributed by atoms with Crippen LogP contribution in [0.3, 0.4) is 0 Å². The molecule has 3 heteroatoms. The van der Waals surface area contributed by atoms with Gasteiger partial charge in [0.2, 0.25) is 0 Å². The van der Waals surface area contributed by atoms with Crippen molar-refractivity contribution in [2.24, 2.45) is 0 Å². The van der Waals surface area contributed by atoms with E-state index in [-0.39, 0.29) is 0 Å². The first-order valence-corrected chi connectivity index (χ1v) is 4.89. The molecule has 0 aliphatic rings. The van der Waals surface area contributed by atoms with Crippen LogP contribution in [0, 0.1) is 3.57 Å². The molecule has 0 saturated carbocycles. The SMILES string of the molecule is CC(C)c1ccc(I)c(Cl)n1. The maximum Gasteiger partial charge on any atom is 0.142 e. The van der Waals surface area contributed by atoms with Gasteiger partial charge in [0.1, 0.15) is 5.15 Å². The van der Waals surface area contributed by atoms with E-state index in [4.69, 9.17) is 11.6 Å². The highest BCUT2D eigenvalue weighted by atomic mass is 127. The summed E-state index contributed by atoms with van der Waals surface area (Å²) in [4.78, 5) is 4.23. The summed E-state index contributed by atoms with van der Waals surface area (Å²) in [6.07, 6.45) is 0. The van der Waals surface area contributed by atoms with Crippen LogP contribution in [0.5, 0.6) is 0 Å². The Bertz CT molecular complexity index is 260. The molecule has 0 N–H and O–H groups in total. The van der Waals surface area contributed by atoms with Crippen molar-refractivity contribution in [2.75, 3.05) is 0 Å². The molecule has 0 aliphatic carbocycles. The number of hydrogen-bond acceptors (Lipinski definition) is 1. The van der Waals surface area contributed by atoms with Crippen molar-refractivity contribution < 1.29 is 0 Å². The molecule has 1 rings (SSSR count). The van der Waals surface area contributed by atoms with Crippen LogP contribution in [0.1, 0.15) is 25.5 Å². The van der Waals surface area contributed by atoms with Gasteiger partial charge >= 0.3 is 0 Å². The second-order valence-electron chi connectivity index (χ2n) is 2.66. The lowest BCUT2D eigenvalue weighted by Gasteiger charge is -2.04. The summed E-state index contributed by atoms with van der Waals surface area (Å²) in [5, 5.41) is 0.608.